The summed E-state index contributed by atoms with van der Waals surface area (Å²) in [5.74, 6) is 0.0489. The van der Waals surface area contributed by atoms with Crippen molar-refractivity contribution in [1.29, 1.82) is 0 Å². The van der Waals surface area contributed by atoms with Crippen LogP contribution in [0.5, 0.6) is 0 Å². The van der Waals surface area contributed by atoms with Crippen LogP contribution in [-0.2, 0) is 9.84 Å². The van der Waals surface area contributed by atoms with Crippen LogP contribution in [0.15, 0.2) is 46.5 Å². The molecule has 0 amide bonds. The maximum Gasteiger partial charge on any atom is 0.219 e. The van der Waals surface area contributed by atoms with Gasteiger partial charge in [-0.05, 0) is 19.1 Å². The Labute approximate surface area is 99.3 Å². The molecule has 0 bridgehead atoms. The number of rotatable bonds is 2. The molecule has 0 spiro atoms. The highest BCUT2D eigenvalue weighted by atomic mass is 32.2. The van der Waals surface area contributed by atoms with Crippen molar-refractivity contribution >= 4 is 15.8 Å². The van der Waals surface area contributed by atoms with Crippen LogP contribution in [0.3, 0.4) is 0 Å². The molecule has 1 aromatic carbocycles. The smallest absolute Gasteiger partial charge is 0.219 e. The molecule has 88 valence electrons. The Morgan fingerprint density at radius 1 is 1.00 bits per heavy atom. The van der Waals surface area contributed by atoms with E-state index in [1.165, 1.54) is 12.4 Å². The van der Waals surface area contributed by atoms with Crippen LogP contribution in [-0.4, -0.2) is 18.4 Å². The monoisotopic (exact) mass is 249 g/mol. The van der Waals surface area contributed by atoms with Crippen molar-refractivity contribution in [2.24, 2.45) is 0 Å². The van der Waals surface area contributed by atoms with Gasteiger partial charge in [-0.2, -0.15) is 0 Å². The molecule has 0 fully saturated rings. The first kappa shape index (κ1) is 11.5. The summed E-state index contributed by atoms with van der Waals surface area (Å²) >= 11 is 0. The lowest BCUT2D eigenvalue weighted by Crippen LogP contribution is -2.04. The predicted molar refractivity (Wildman–Crippen MR) is 63.1 cm³/mol. The van der Waals surface area contributed by atoms with Crippen LogP contribution in [0.2, 0.25) is 0 Å². The summed E-state index contributed by atoms with van der Waals surface area (Å²) in [5.41, 5.74) is 6.31. The van der Waals surface area contributed by atoms with E-state index in [1.54, 1.807) is 24.3 Å². The van der Waals surface area contributed by atoms with Gasteiger partial charge in [-0.3, -0.25) is 0 Å². The number of nitrogens with zero attached hydrogens (tertiary/aromatic N) is 2. The van der Waals surface area contributed by atoms with E-state index in [-0.39, 0.29) is 15.7 Å². The van der Waals surface area contributed by atoms with Crippen LogP contribution in [0.1, 0.15) is 5.56 Å². The van der Waals surface area contributed by atoms with Crippen LogP contribution in [0.25, 0.3) is 0 Å². The largest absolute Gasteiger partial charge is 0.368 e. The molecular weight excluding hydrogens is 238 g/mol. The Morgan fingerprint density at radius 2 is 1.53 bits per heavy atom. The lowest BCUT2D eigenvalue weighted by atomic mass is 10.2. The lowest BCUT2D eigenvalue weighted by molar-refractivity contribution is 0.595. The topological polar surface area (TPSA) is 85.9 Å². The van der Waals surface area contributed by atoms with Gasteiger partial charge >= 0.3 is 0 Å². The number of hydrogen-bond acceptors (Lipinski definition) is 5. The highest BCUT2D eigenvalue weighted by molar-refractivity contribution is 7.91. The van der Waals surface area contributed by atoms with Crippen molar-refractivity contribution in [2.75, 3.05) is 5.73 Å². The Balaban J connectivity index is 2.50. The fourth-order valence-electron chi connectivity index (χ4n) is 1.32. The van der Waals surface area contributed by atoms with E-state index in [1.807, 2.05) is 6.92 Å². The molecule has 1 heterocycles. The average molecular weight is 249 g/mol. The third-order valence-corrected chi connectivity index (χ3v) is 4.01. The minimum atomic E-state index is -3.55. The zero-order valence-corrected chi connectivity index (χ0v) is 9.98. The van der Waals surface area contributed by atoms with Gasteiger partial charge in [-0.1, -0.05) is 17.7 Å². The van der Waals surface area contributed by atoms with Gasteiger partial charge in [0.05, 0.1) is 17.3 Å². The maximum absolute atomic E-state index is 12.1. The molecule has 1 aromatic heterocycles. The number of aryl methyl sites for hydroxylation is 1. The molecule has 5 nitrogen and oxygen atoms in total. The van der Waals surface area contributed by atoms with Crippen molar-refractivity contribution in [3.8, 4) is 0 Å². The van der Waals surface area contributed by atoms with E-state index in [2.05, 4.69) is 9.97 Å². The molecule has 0 saturated heterocycles. The molecule has 2 N–H and O–H groups in total. The van der Waals surface area contributed by atoms with E-state index in [9.17, 15) is 8.42 Å². The second-order valence-corrected chi connectivity index (χ2v) is 5.54. The van der Waals surface area contributed by atoms with E-state index in [0.717, 1.165) is 5.56 Å². The van der Waals surface area contributed by atoms with Crippen molar-refractivity contribution in [3.05, 3.63) is 42.2 Å². The van der Waals surface area contributed by atoms with Gasteiger partial charge in [-0.15, -0.1) is 0 Å². The Hall–Kier alpha value is -1.95. The highest BCUT2D eigenvalue weighted by Crippen LogP contribution is 2.19. The number of nitrogen functional groups attached to an aromatic ring is 1. The normalized spacial score (nSPS) is 11.4. The van der Waals surface area contributed by atoms with E-state index >= 15 is 0 Å². The SMILES string of the molecule is Cc1ccc(S(=O)(=O)c2cnc(N)nc2)cc1. The van der Waals surface area contributed by atoms with E-state index in [0.29, 0.717) is 0 Å². The number of sulfone groups is 1. The molecule has 17 heavy (non-hydrogen) atoms. The number of benzene rings is 1. The number of anilines is 1. The molecule has 0 aliphatic rings. The third-order valence-electron chi connectivity index (χ3n) is 2.29. The first-order valence-electron chi connectivity index (χ1n) is 4.89. The summed E-state index contributed by atoms with van der Waals surface area (Å²) in [4.78, 5) is 7.61. The van der Waals surface area contributed by atoms with Crippen LogP contribution >= 0.6 is 0 Å². The Kier molecular flexibility index (Phi) is 2.81. The molecule has 0 unspecified atom stereocenters. The van der Waals surface area contributed by atoms with Gasteiger partial charge in [0.2, 0.25) is 15.8 Å². The summed E-state index contributed by atoms with van der Waals surface area (Å²) in [6.07, 6.45) is 2.41. The zero-order chi connectivity index (χ0) is 12.5. The standard InChI is InChI=1S/C11H11N3O2S/c1-8-2-4-9(5-3-8)17(15,16)10-6-13-11(12)14-7-10/h2-7H,1H3,(H2,12,13,14). The molecule has 0 aliphatic carbocycles. The summed E-state index contributed by atoms with van der Waals surface area (Å²) < 4.78 is 24.3. The average Bonchev–Trinajstić information content (AvgIpc) is 2.30. The van der Waals surface area contributed by atoms with E-state index in [4.69, 9.17) is 5.73 Å². The number of hydrogen-bond donors (Lipinski definition) is 1. The zero-order valence-electron chi connectivity index (χ0n) is 9.16. The van der Waals surface area contributed by atoms with Crippen LogP contribution in [0, 0.1) is 6.92 Å². The molecule has 6 heteroatoms. The second kappa shape index (κ2) is 4.14. The summed E-state index contributed by atoms with van der Waals surface area (Å²) in [6.45, 7) is 1.89. The fourth-order valence-corrected chi connectivity index (χ4v) is 2.47. The number of aromatic nitrogens is 2. The first-order valence-corrected chi connectivity index (χ1v) is 6.38. The highest BCUT2D eigenvalue weighted by Gasteiger charge is 2.18. The lowest BCUT2D eigenvalue weighted by Gasteiger charge is -2.04. The maximum atomic E-state index is 12.1. The van der Waals surface area contributed by atoms with Gasteiger partial charge in [0.1, 0.15) is 4.90 Å². The molecule has 2 rings (SSSR count). The van der Waals surface area contributed by atoms with Gasteiger partial charge in [0, 0.05) is 0 Å². The van der Waals surface area contributed by atoms with Gasteiger partial charge in [0.15, 0.2) is 0 Å². The summed E-state index contributed by atoms with van der Waals surface area (Å²) in [7, 11) is -3.55. The van der Waals surface area contributed by atoms with Crippen molar-refractivity contribution in [3.63, 3.8) is 0 Å². The predicted octanol–water partition coefficient (Wildman–Crippen LogP) is 1.20. The first-order chi connectivity index (χ1) is 8.00. The van der Waals surface area contributed by atoms with Crippen LogP contribution in [0.4, 0.5) is 5.95 Å². The minimum absolute atomic E-state index is 0.0375. The van der Waals surface area contributed by atoms with Gasteiger partial charge < -0.3 is 5.73 Å². The van der Waals surface area contributed by atoms with Gasteiger partial charge in [0.25, 0.3) is 0 Å². The van der Waals surface area contributed by atoms with Gasteiger partial charge in [-0.25, -0.2) is 18.4 Å². The molecule has 0 saturated carbocycles. The summed E-state index contributed by atoms with van der Waals surface area (Å²) in [6, 6.07) is 6.60. The third kappa shape index (κ3) is 2.26. The Morgan fingerprint density at radius 3 is 2.06 bits per heavy atom. The van der Waals surface area contributed by atoms with Crippen LogP contribution < -0.4 is 5.73 Å². The molecule has 0 aliphatic heterocycles. The second-order valence-electron chi connectivity index (χ2n) is 3.59. The Bertz CT molecular complexity index is 567. The van der Waals surface area contributed by atoms with Crippen molar-refractivity contribution < 1.29 is 8.42 Å². The number of nitrogens with two attached hydrogens (primary N) is 1. The fraction of sp³-hybridized carbons (Fsp3) is 0.0909. The van der Waals surface area contributed by atoms with Crippen molar-refractivity contribution in [2.45, 2.75) is 16.7 Å². The molecular formula is C11H11N3O2S. The molecule has 0 atom stereocenters. The van der Waals surface area contributed by atoms with Crippen molar-refractivity contribution in [1.82, 2.24) is 9.97 Å². The summed E-state index contributed by atoms with van der Waals surface area (Å²) in [5, 5.41) is 0. The molecule has 2 aromatic rings. The van der Waals surface area contributed by atoms with E-state index < -0.39 is 9.84 Å². The minimum Gasteiger partial charge on any atom is -0.368 e. The quantitative estimate of drug-likeness (QED) is 0.864. The molecule has 0 radical (unpaired) electrons.